The molecule has 56 heavy (non-hydrogen) atoms. The fourth-order valence-corrected chi connectivity index (χ4v) is 10.4. The van der Waals surface area contributed by atoms with Crippen molar-refractivity contribution in [1.82, 2.24) is 4.31 Å². The molecule has 1 saturated heterocycles. The fraction of sp³-hybridized carbons (Fsp3) is 0.424. The summed E-state index contributed by atoms with van der Waals surface area (Å²) in [5.41, 5.74) is -7.71. The number of hydrogen-bond acceptors (Lipinski definition) is 8. The lowest BCUT2D eigenvalue weighted by molar-refractivity contribution is -0.244. The molecular formula is C33H35F9N2O8S4. The van der Waals surface area contributed by atoms with Crippen molar-refractivity contribution in [2.24, 2.45) is 5.41 Å². The number of esters is 1. The van der Waals surface area contributed by atoms with Crippen LogP contribution in [-0.2, 0) is 50.5 Å². The van der Waals surface area contributed by atoms with E-state index in [1.54, 1.807) is 6.92 Å². The summed E-state index contributed by atoms with van der Waals surface area (Å²) in [4.78, 5) is 16.1. The first kappa shape index (κ1) is 47.0. The number of hydrogen-bond donors (Lipinski definition) is 0. The standard InChI is InChI=1S/C18H15S.C15H20F9N2O8S3/c1-4-10-16(11-5-1)19(17-12-6-2-7-13-17)18-14-8-3-9-15-18;1-4-11(2,3)10(27)34-9-5-7-26(8-6-9)37(32,33)14(20,21)12(16,17)13(18,19)35(28,29)25-36(30,31)15(22,23)24/h1-15H;9H,4-8H2,1-3H3/q+1;-1. The SMILES string of the molecule is CCC(C)(C)C(=O)OC1CCN(S(=O)(=O)C(F)(F)C(F)(F)C(F)(F)S(=O)(=O)[N-]S(=O)(=O)C(F)(F)F)CC1.c1ccc([S+](c2ccccc2)c2ccccc2)cc1. The van der Waals surface area contributed by atoms with E-state index < -0.39 is 99.7 Å². The molecule has 0 aromatic heterocycles. The smallest absolute Gasteiger partial charge is 0.462 e. The Balaban J connectivity index is 0.000000365. The number of sulfonamides is 3. The molecule has 10 nitrogen and oxygen atoms in total. The van der Waals surface area contributed by atoms with E-state index in [2.05, 4.69) is 91.0 Å². The van der Waals surface area contributed by atoms with Gasteiger partial charge in [0.25, 0.3) is 10.0 Å². The number of carbonyl (C=O) groups excluding carboxylic acids is 1. The average Bonchev–Trinajstić information content (AvgIpc) is 3.12. The van der Waals surface area contributed by atoms with Gasteiger partial charge in [-0.25, -0.2) is 25.3 Å². The third-order valence-electron chi connectivity index (χ3n) is 8.26. The van der Waals surface area contributed by atoms with Crippen LogP contribution in [0.3, 0.4) is 0 Å². The summed E-state index contributed by atoms with van der Waals surface area (Å²) in [6.45, 7) is 2.41. The third kappa shape index (κ3) is 9.83. The minimum Gasteiger partial charge on any atom is -0.462 e. The Bertz CT molecular complexity index is 2030. The Morgan fingerprint density at radius 1 is 0.679 bits per heavy atom. The zero-order chi connectivity index (χ0) is 42.6. The monoisotopic (exact) mass is 886 g/mol. The molecule has 0 atom stereocenters. The van der Waals surface area contributed by atoms with Gasteiger partial charge in [-0.1, -0.05) is 61.5 Å². The topological polar surface area (TPSA) is 146 Å². The Morgan fingerprint density at radius 2 is 1.05 bits per heavy atom. The molecule has 3 aromatic rings. The van der Waals surface area contributed by atoms with Crippen LogP contribution in [-0.4, -0.2) is 76.7 Å². The van der Waals surface area contributed by atoms with E-state index in [4.69, 9.17) is 4.74 Å². The molecule has 1 aliphatic heterocycles. The summed E-state index contributed by atoms with van der Waals surface area (Å²) in [5, 5.41) is -14.4. The lowest BCUT2D eigenvalue weighted by Crippen LogP contribution is -2.63. The van der Waals surface area contributed by atoms with E-state index in [-0.39, 0.29) is 10.9 Å². The number of rotatable bonds is 13. The quantitative estimate of drug-likeness (QED) is 0.0957. The van der Waals surface area contributed by atoms with Crippen molar-refractivity contribution in [2.45, 2.75) is 82.8 Å². The van der Waals surface area contributed by atoms with Crippen LogP contribution in [0.25, 0.3) is 4.13 Å². The molecule has 0 spiro atoms. The van der Waals surface area contributed by atoms with Gasteiger partial charge in [0, 0.05) is 13.1 Å². The molecule has 0 saturated carbocycles. The van der Waals surface area contributed by atoms with Crippen molar-refractivity contribution in [3.8, 4) is 0 Å². The van der Waals surface area contributed by atoms with Gasteiger partial charge in [-0.15, -0.1) is 0 Å². The fourth-order valence-electron chi connectivity index (χ4n) is 4.60. The molecule has 0 aliphatic carbocycles. The minimum absolute atomic E-state index is 0.0146. The van der Waals surface area contributed by atoms with Gasteiger partial charge in [0.2, 0.25) is 0 Å². The second-order valence-corrected chi connectivity index (χ2v) is 20.0. The molecule has 0 unspecified atom stereocenters. The van der Waals surface area contributed by atoms with Crippen LogP contribution in [0.4, 0.5) is 39.5 Å². The molecule has 1 fully saturated rings. The van der Waals surface area contributed by atoms with Crippen molar-refractivity contribution in [2.75, 3.05) is 13.1 Å². The molecule has 1 heterocycles. The molecule has 312 valence electrons. The summed E-state index contributed by atoms with van der Waals surface area (Å²) in [6, 6.07) is 32.2. The highest BCUT2D eigenvalue weighted by Gasteiger charge is 2.81. The van der Waals surface area contributed by atoms with Gasteiger partial charge >= 0.3 is 27.9 Å². The van der Waals surface area contributed by atoms with Crippen molar-refractivity contribution in [3.05, 3.63) is 95.1 Å². The number of alkyl halides is 9. The Kier molecular flexibility index (Phi) is 14.5. The molecule has 4 rings (SSSR count). The van der Waals surface area contributed by atoms with Gasteiger partial charge in [-0.05, 0) is 69.5 Å². The molecule has 0 bridgehead atoms. The Labute approximate surface area is 320 Å². The molecule has 3 aromatic carbocycles. The Hall–Kier alpha value is -3.38. The summed E-state index contributed by atoms with van der Waals surface area (Å²) in [5.74, 6) is -8.29. The molecule has 1 aliphatic rings. The van der Waals surface area contributed by atoms with Crippen LogP contribution in [0.15, 0.2) is 106 Å². The van der Waals surface area contributed by atoms with Crippen LogP contribution in [0.5, 0.6) is 0 Å². The normalized spacial score (nSPS) is 15.9. The van der Waals surface area contributed by atoms with Crippen molar-refractivity contribution in [1.29, 1.82) is 0 Å². The zero-order valence-electron chi connectivity index (χ0n) is 29.5. The highest BCUT2D eigenvalue weighted by Crippen LogP contribution is 2.53. The number of ether oxygens (including phenoxy) is 1. The molecule has 0 N–H and O–H groups in total. The van der Waals surface area contributed by atoms with E-state index in [1.165, 1.54) is 28.5 Å². The first-order valence-electron chi connectivity index (χ1n) is 16.1. The molecule has 0 amide bonds. The summed E-state index contributed by atoms with van der Waals surface area (Å²) in [6.07, 6.45) is -1.93. The number of halogens is 9. The first-order valence-corrected chi connectivity index (χ1v) is 21.7. The lowest BCUT2D eigenvalue weighted by Gasteiger charge is -2.39. The number of nitrogens with zero attached hydrogens (tertiary/aromatic N) is 2. The van der Waals surface area contributed by atoms with Crippen molar-refractivity contribution >= 4 is 46.9 Å². The molecular weight excluding hydrogens is 852 g/mol. The van der Waals surface area contributed by atoms with E-state index in [0.717, 1.165) is 0 Å². The summed E-state index contributed by atoms with van der Waals surface area (Å²) < 4.78 is 195. The van der Waals surface area contributed by atoms with Crippen LogP contribution >= 0.6 is 0 Å². The van der Waals surface area contributed by atoms with E-state index in [9.17, 15) is 69.6 Å². The van der Waals surface area contributed by atoms with E-state index in [1.807, 2.05) is 0 Å². The Morgan fingerprint density at radius 3 is 1.39 bits per heavy atom. The molecule has 23 heteroatoms. The highest BCUT2D eigenvalue weighted by molar-refractivity contribution is 8.13. The summed E-state index contributed by atoms with van der Waals surface area (Å²) in [7, 11) is -22.3. The first-order chi connectivity index (χ1) is 25.6. The largest absolute Gasteiger partial charge is 0.480 e. The van der Waals surface area contributed by atoms with Gasteiger partial charge in [-0.2, -0.15) is 43.8 Å². The van der Waals surface area contributed by atoms with Crippen molar-refractivity contribution < 1.29 is 74.3 Å². The van der Waals surface area contributed by atoms with Crippen molar-refractivity contribution in [3.63, 3.8) is 0 Å². The van der Waals surface area contributed by atoms with Gasteiger partial charge in [0.15, 0.2) is 34.7 Å². The zero-order valence-corrected chi connectivity index (χ0v) is 32.7. The average molecular weight is 887 g/mol. The maximum absolute atomic E-state index is 14.3. The van der Waals surface area contributed by atoms with Gasteiger partial charge in [0.1, 0.15) is 6.10 Å². The predicted octanol–water partition coefficient (Wildman–Crippen LogP) is 7.92. The second kappa shape index (κ2) is 17.2. The minimum atomic E-state index is -7.96. The lowest BCUT2D eigenvalue weighted by atomic mass is 9.90. The number of benzene rings is 3. The number of carbonyl (C=O) groups is 1. The van der Waals surface area contributed by atoms with Gasteiger partial charge in [0.05, 0.1) is 16.3 Å². The highest BCUT2D eigenvalue weighted by atomic mass is 32.3. The van der Waals surface area contributed by atoms with Crippen LogP contribution in [0.1, 0.15) is 40.0 Å². The predicted molar refractivity (Wildman–Crippen MR) is 187 cm³/mol. The molecule has 0 radical (unpaired) electrons. The van der Waals surface area contributed by atoms with E-state index in [0.29, 0.717) is 10.5 Å². The van der Waals surface area contributed by atoms with Gasteiger partial charge in [-0.3, -0.25) is 4.79 Å². The van der Waals surface area contributed by atoms with Crippen LogP contribution < -0.4 is 0 Å². The maximum Gasteiger partial charge on any atom is 0.480 e. The number of piperidine rings is 1. The van der Waals surface area contributed by atoms with Crippen LogP contribution in [0.2, 0.25) is 0 Å². The van der Waals surface area contributed by atoms with Crippen LogP contribution in [0, 0.1) is 5.41 Å². The third-order valence-corrected chi connectivity index (χ3v) is 15.5. The summed E-state index contributed by atoms with van der Waals surface area (Å²) >= 11 is 0. The van der Waals surface area contributed by atoms with Gasteiger partial charge < -0.3 is 8.86 Å². The second-order valence-electron chi connectivity index (χ2n) is 12.6. The maximum atomic E-state index is 14.3. The van der Waals surface area contributed by atoms with E-state index >= 15 is 0 Å².